The van der Waals surface area contributed by atoms with Gasteiger partial charge in [0.25, 0.3) is 5.56 Å². The third-order valence-electron chi connectivity index (χ3n) is 3.82. The number of aromatic nitrogens is 2. The SMILES string of the molecule is Cn1c(SCC2CCCCC2)nc2ccsc2c1=O. The van der Waals surface area contributed by atoms with Crippen molar-refractivity contribution in [3.05, 3.63) is 21.8 Å². The first-order chi connectivity index (χ1) is 9.25. The van der Waals surface area contributed by atoms with E-state index in [0.29, 0.717) is 0 Å². The fourth-order valence-corrected chi connectivity index (χ4v) is 4.61. The van der Waals surface area contributed by atoms with Gasteiger partial charge in [0.1, 0.15) is 4.70 Å². The summed E-state index contributed by atoms with van der Waals surface area (Å²) in [5.41, 5.74) is 0.936. The van der Waals surface area contributed by atoms with E-state index < -0.39 is 0 Å². The molecule has 0 radical (unpaired) electrons. The summed E-state index contributed by atoms with van der Waals surface area (Å²) < 4.78 is 2.47. The molecular formula is C14H18N2OS2. The van der Waals surface area contributed by atoms with E-state index in [1.807, 2.05) is 18.5 Å². The summed E-state index contributed by atoms with van der Waals surface area (Å²) in [6, 6.07) is 1.94. The lowest BCUT2D eigenvalue weighted by atomic mass is 9.91. The second-order valence-electron chi connectivity index (χ2n) is 5.21. The molecule has 1 fully saturated rings. The van der Waals surface area contributed by atoms with E-state index in [1.54, 1.807) is 16.3 Å². The summed E-state index contributed by atoms with van der Waals surface area (Å²) in [5, 5.41) is 2.80. The van der Waals surface area contributed by atoms with E-state index in [1.165, 1.54) is 43.4 Å². The van der Waals surface area contributed by atoms with Crippen LogP contribution >= 0.6 is 23.1 Å². The van der Waals surface area contributed by atoms with E-state index in [9.17, 15) is 4.79 Å². The smallest absolute Gasteiger partial charge is 0.271 e. The second-order valence-corrected chi connectivity index (χ2v) is 7.11. The summed E-state index contributed by atoms with van der Waals surface area (Å²) in [4.78, 5) is 16.8. The molecule has 1 aliphatic rings. The van der Waals surface area contributed by atoms with Crippen LogP contribution in [0.15, 0.2) is 21.4 Å². The van der Waals surface area contributed by atoms with Crippen LogP contribution in [-0.4, -0.2) is 15.3 Å². The number of thioether (sulfide) groups is 1. The Morgan fingerprint density at radius 1 is 1.42 bits per heavy atom. The molecule has 0 bridgehead atoms. The monoisotopic (exact) mass is 294 g/mol. The Morgan fingerprint density at radius 3 is 3.00 bits per heavy atom. The Hall–Kier alpha value is -0.810. The predicted octanol–water partition coefficient (Wildman–Crippen LogP) is 3.67. The second kappa shape index (κ2) is 5.67. The van der Waals surface area contributed by atoms with Gasteiger partial charge in [-0.2, -0.15) is 0 Å². The first-order valence-corrected chi connectivity index (χ1v) is 8.69. The van der Waals surface area contributed by atoms with Crippen LogP contribution in [-0.2, 0) is 7.05 Å². The highest BCUT2D eigenvalue weighted by molar-refractivity contribution is 7.99. The van der Waals surface area contributed by atoms with Crippen molar-refractivity contribution < 1.29 is 0 Å². The van der Waals surface area contributed by atoms with Gasteiger partial charge < -0.3 is 0 Å². The van der Waals surface area contributed by atoms with Gasteiger partial charge in [-0.3, -0.25) is 9.36 Å². The molecule has 2 aromatic heterocycles. The molecule has 3 rings (SSSR count). The maximum atomic E-state index is 12.2. The van der Waals surface area contributed by atoms with E-state index in [4.69, 9.17) is 0 Å². The number of rotatable bonds is 3. The number of fused-ring (bicyclic) bond motifs is 1. The van der Waals surface area contributed by atoms with Gasteiger partial charge in [0.15, 0.2) is 5.16 Å². The number of hydrogen-bond donors (Lipinski definition) is 0. The maximum absolute atomic E-state index is 12.2. The van der Waals surface area contributed by atoms with Crippen molar-refractivity contribution in [2.75, 3.05) is 5.75 Å². The van der Waals surface area contributed by atoms with E-state index in [2.05, 4.69) is 4.98 Å². The molecule has 1 saturated carbocycles. The molecule has 19 heavy (non-hydrogen) atoms. The van der Waals surface area contributed by atoms with Crippen LogP contribution < -0.4 is 5.56 Å². The van der Waals surface area contributed by atoms with Crippen molar-refractivity contribution in [1.82, 2.24) is 9.55 Å². The lowest BCUT2D eigenvalue weighted by molar-refractivity contribution is 0.390. The van der Waals surface area contributed by atoms with Gasteiger partial charge in [-0.15, -0.1) is 11.3 Å². The number of thiophene rings is 1. The highest BCUT2D eigenvalue weighted by Gasteiger charge is 2.16. The quantitative estimate of drug-likeness (QED) is 0.640. The predicted molar refractivity (Wildman–Crippen MR) is 82.2 cm³/mol. The lowest BCUT2D eigenvalue weighted by Crippen LogP contribution is -2.19. The summed E-state index contributed by atoms with van der Waals surface area (Å²) >= 11 is 3.22. The lowest BCUT2D eigenvalue weighted by Gasteiger charge is -2.21. The largest absolute Gasteiger partial charge is 0.290 e. The van der Waals surface area contributed by atoms with Crippen LogP contribution in [0.5, 0.6) is 0 Å². The Bertz CT molecular complexity index is 626. The molecule has 1 aliphatic carbocycles. The maximum Gasteiger partial charge on any atom is 0.271 e. The first-order valence-electron chi connectivity index (χ1n) is 6.83. The summed E-state index contributed by atoms with van der Waals surface area (Å²) in [7, 11) is 1.83. The third-order valence-corrected chi connectivity index (χ3v) is 5.97. The van der Waals surface area contributed by atoms with Crippen molar-refractivity contribution in [3.8, 4) is 0 Å². The summed E-state index contributed by atoms with van der Waals surface area (Å²) in [5.74, 6) is 1.89. The molecule has 0 aromatic carbocycles. The first kappa shape index (κ1) is 13.2. The minimum atomic E-state index is 0.0890. The normalized spacial score (nSPS) is 17.1. The van der Waals surface area contributed by atoms with E-state index in [0.717, 1.165) is 27.0 Å². The van der Waals surface area contributed by atoms with Crippen molar-refractivity contribution in [2.24, 2.45) is 13.0 Å². The molecule has 0 atom stereocenters. The van der Waals surface area contributed by atoms with Crippen LogP contribution in [0.4, 0.5) is 0 Å². The molecule has 0 amide bonds. The standard InChI is InChI=1S/C14H18N2OS2/c1-16-13(17)12-11(7-8-18-12)15-14(16)19-9-10-5-3-2-4-6-10/h7-8,10H,2-6,9H2,1H3. The van der Waals surface area contributed by atoms with E-state index >= 15 is 0 Å². The third kappa shape index (κ3) is 2.72. The van der Waals surface area contributed by atoms with Gasteiger partial charge in [0.2, 0.25) is 0 Å². The van der Waals surface area contributed by atoms with E-state index in [-0.39, 0.29) is 5.56 Å². The summed E-state index contributed by atoms with van der Waals surface area (Å²) in [6.07, 6.45) is 6.78. The zero-order chi connectivity index (χ0) is 13.2. The Morgan fingerprint density at radius 2 is 2.21 bits per heavy atom. The van der Waals surface area contributed by atoms with Crippen LogP contribution in [0.2, 0.25) is 0 Å². The highest BCUT2D eigenvalue weighted by atomic mass is 32.2. The minimum absolute atomic E-state index is 0.0890. The molecular weight excluding hydrogens is 276 g/mol. The Labute approximate surface area is 121 Å². The van der Waals surface area contributed by atoms with Crippen LogP contribution in [0, 0.1) is 5.92 Å². The molecule has 0 spiro atoms. The molecule has 102 valence electrons. The fraction of sp³-hybridized carbons (Fsp3) is 0.571. The van der Waals surface area contributed by atoms with Crippen LogP contribution in [0.3, 0.4) is 0 Å². The van der Waals surface area contributed by atoms with Crippen LogP contribution in [0.25, 0.3) is 10.2 Å². The average Bonchev–Trinajstić information content (AvgIpc) is 2.91. The molecule has 5 heteroatoms. The van der Waals surface area contributed by atoms with Crippen molar-refractivity contribution >= 4 is 33.3 Å². The number of nitrogens with zero attached hydrogens (tertiary/aromatic N) is 2. The molecule has 2 aromatic rings. The molecule has 0 N–H and O–H groups in total. The summed E-state index contributed by atoms with van der Waals surface area (Å²) in [6.45, 7) is 0. The minimum Gasteiger partial charge on any atom is -0.290 e. The van der Waals surface area contributed by atoms with Crippen molar-refractivity contribution in [1.29, 1.82) is 0 Å². The highest BCUT2D eigenvalue weighted by Crippen LogP contribution is 2.29. The molecule has 0 saturated heterocycles. The number of hydrogen-bond acceptors (Lipinski definition) is 4. The van der Waals surface area contributed by atoms with Gasteiger partial charge in [-0.25, -0.2) is 4.98 Å². The topological polar surface area (TPSA) is 34.9 Å². The average molecular weight is 294 g/mol. The zero-order valence-electron chi connectivity index (χ0n) is 11.1. The van der Waals surface area contributed by atoms with Gasteiger partial charge >= 0.3 is 0 Å². The van der Waals surface area contributed by atoms with Crippen LogP contribution in [0.1, 0.15) is 32.1 Å². The van der Waals surface area contributed by atoms with Gasteiger partial charge in [-0.1, -0.05) is 31.0 Å². The molecule has 0 aliphatic heterocycles. The van der Waals surface area contributed by atoms with Gasteiger partial charge in [0, 0.05) is 12.8 Å². The van der Waals surface area contributed by atoms with Crippen molar-refractivity contribution in [3.63, 3.8) is 0 Å². The fourth-order valence-electron chi connectivity index (χ4n) is 2.64. The molecule has 2 heterocycles. The Balaban J connectivity index is 1.80. The van der Waals surface area contributed by atoms with Gasteiger partial charge in [0.05, 0.1) is 5.52 Å². The van der Waals surface area contributed by atoms with Gasteiger partial charge in [-0.05, 0) is 30.2 Å². The van der Waals surface area contributed by atoms with Crippen molar-refractivity contribution in [2.45, 2.75) is 37.3 Å². The Kier molecular flexibility index (Phi) is 3.93. The zero-order valence-corrected chi connectivity index (χ0v) is 12.7. The molecule has 0 unspecified atom stereocenters. The molecule has 3 nitrogen and oxygen atoms in total.